The van der Waals surface area contributed by atoms with Gasteiger partial charge in [0.05, 0.1) is 31.0 Å². The monoisotopic (exact) mass is 567 g/mol. The number of likely N-dealkylation sites (N-methyl/N-ethyl adjacent to an activating group) is 1. The van der Waals surface area contributed by atoms with Gasteiger partial charge >= 0.3 is 5.97 Å². The molecule has 0 bridgehead atoms. The number of carbonyl (C=O) groups is 2. The molecule has 4 N–H and O–H groups in total. The van der Waals surface area contributed by atoms with Crippen LogP contribution in [0.4, 0.5) is 0 Å². The Kier molecular flexibility index (Phi) is 10.9. The van der Waals surface area contributed by atoms with Crippen LogP contribution in [-0.2, 0) is 16.1 Å². The highest BCUT2D eigenvalue weighted by atomic mass is 32.2. The highest BCUT2D eigenvalue weighted by Crippen LogP contribution is 2.44. The number of amides is 1. The molecule has 2 aromatic carbocycles. The summed E-state index contributed by atoms with van der Waals surface area (Å²) < 4.78 is 15.5. The SMILES string of the molecule is COC(=O)c1ccc2c(C3CCCCC3)c(-c3ccc(OC)cc3)n(CC(=O)NCCN(C)CCNSN)c2c1. The molecule has 3 aromatic rings. The fourth-order valence-electron chi connectivity index (χ4n) is 5.64. The predicted octanol–water partition coefficient (Wildman–Crippen LogP) is 4.31. The number of esters is 1. The van der Waals surface area contributed by atoms with Gasteiger partial charge in [0.15, 0.2) is 0 Å². The zero-order chi connectivity index (χ0) is 28.5. The molecule has 0 spiro atoms. The van der Waals surface area contributed by atoms with E-state index in [2.05, 4.69) is 31.6 Å². The molecule has 216 valence electrons. The Morgan fingerprint density at radius 1 is 1.05 bits per heavy atom. The summed E-state index contributed by atoms with van der Waals surface area (Å²) in [4.78, 5) is 28.0. The summed E-state index contributed by atoms with van der Waals surface area (Å²) in [6, 6.07) is 13.7. The van der Waals surface area contributed by atoms with E-state index in [1.54, 1.807) is 7.11 Å². The fraction of sp³-hybridized carbons (Fsp3) is 0.467. The van der Waals surface area contributed by atoms with Gasteiger partial charge in [-0.25, -0.2) is 9.52 Å². The van der Waals surface area contributed by atoms with E-state index in [1.165, 1.54) is 31.9 Å². The predicted molar refractivity (Wildman–Crippen MR) is 161 cm³/mol. The maximum atomic E-state index is 13.3. The van der Waals surface area contributed by atoms with Gasteiger partial charge < -0.3 is 24.3 Å². The van der Waals surface area contributed by atoms with Crippen LogP contribution in [0.3, 0.4) is 0 Å². The van der Waals surface area contributed by atoms with Crippen molar-refractivity contribution in [3.8, 4) is 17.0 Å². The molecule has 0 atom stereocenters. The van der Waals surface area contributed by atoms with E-state index >= 15 is 0 Å². The zero-order valence-electron chi connectivity index (χ0n) is 23.7. The standard InChI is InChI=1S/C30H41N5O4S/c1-34(18-16-33-40-31)17-15-32-27(36)20-35-26-19-23(30(37)39-3)11-14-25(26)28(21-7-5-4-6-8-21)29(35)22-9-12-24(38-2)13-10-22/h9-14,19,21,33H,4-8,15-18,20,31H2,1-3H3,(H,32,36). The van der Waals surface area contributed by atoms with Crippen LogP contribution in [0.5, 0.6) is 5.75 Å². The van der Waals surface area contributed by atoms with E-state index in [4.69, 9.17) is 14.6 Å². The highest BCUT2D eigenvalue weighted by molar-refractivity contribution is 7.95. The molecule has 0 radical (unpaired) electrons. The van der Waals surface area contributed by atoms with Gasteiger partial charge in [-0.1, -0.05) is 25.3 Å². The Morgan fingerprint density at radius 3 is 2.45 bits per heavy atom. The van der Waals surface area contributed by atoms with Gasteiger partial charge in [-0.2, -0.15) is 0 Å². The molecular formula is C30H41N5O4S. The molecule has 1 aromatic heterocycles. The molecule has 4 rings (SSSR count). The van der Waals surface area contributed by atoms with Crippen molar-refractivity contribution >= 4 is 34.9 Å². The molecule has 1 aliphatic rings. The Balaban J connectivity index is 1.73. The Morgan fingerprint density at radius 2 is 1.77 bits per heavy atom. The van der Waals surface area contributed by atoms with Crippen LogP contribution in [-0.4, -0.2) is 68.8 Å². The van der Waals surface area contributed by atoms with Gasteiger partial charge in [-0.05, 0) is 73.3 Å². The third-order valence-electron chi connectivity index (χ3n) is 7.70. The number of carbonyl (C=O) groups excluding carboxylic acids is 2. The first-order valence-electron chi connectivity index (χ1n) is 13.9. The first-order valence-corrected chi connectivity index (χ1v) is 14.8. The largest absolute Gasteiger partial charge is 0.497 e. The summed E-state index contributed by atoms with van der Waals surface area (Å²) in [5.41, 5.74) is 4.65. The number of aromatic nitrogens is 1. The van der Waals surface area contributed by atoms with Crippen LogP contribution in [0.25, 0.3) is 22.2 Å². The molecule has 0 aliphatic heterocycles. The van der Waals surface area contributed by atoms with E-state index in [0.717, 1.165) is 72.5 Å². The Hall–Kier alpha value is -3.05. The second kappa shape index (κ2) is 14.5. The summed E-state index contributed by atoms with van der Waals surface area (Å²) in [5.74, 6) is 0.695. The molecule has 40 heavy (non-hydrogen) atoms. The van der Waals surface area contributed by atoms with Crippen LogP contribution < -0.4 is 19.9 Å². The summed E-state index contributed by atoms with van der Waals surface area (Å²) in [6.45, 7) is 2.99. The quantitative estimate of drug-likeness (QED) is 0.159. The maximum Gasteiger partial charge on any atom is 0.337 e. The molecule has 1 fully saturated rings. The van der Waals surface area contributed by atoms with Crippen molar-refractivity contribution in [1.29, 1.82) is 0 Å². The van der Waals surface area contributed by atoms with Gasteiger partial charge in [0.2, 0.25) is 5.91 Å². The molecule has 1 saturated carbocycles. The van der Waals surface area contributed by atoms with Crippen molar-refractivity contribution in [1.82, 2.24) is 19.5 Å². The summed E-state index contributed by atoms with van der Waals surface area (Å²) in [6.07, 6.45) is 5.84. The normalized spacial score (nSPS) is 14.0. The average Bonchev–Trinajstić information content (AvgIpc) is 3.30. The molecule has 1 aliphatic carbocycles. The van der Waals surface area contributed by atoms with Crippen LogP contribution in [0, 0.1) is 0 Å². The lowest BCUT2D eigenvalue weighted by Gasteiger charge is -2.24. The zero-order valence-corrected chi connectivity index (χ0v) is 24.5. The number of methoxy groups -OCH3 is 2. The summed E-state index contributed by atoms with van der Waals surface area (Å²) in [5, 5.41) is 9.59. The number of hydrogen-bond donors (Lipinski definition) is 3. The smallest absolute Gasteiger partial charge is 0.337 e. The van der Waals surface area contributed by atoms with E-state index < -0.39 is 5.97 Å². The fourth-order valence-corrected chi connectivity index (χ4v) is 5.85. The van der Waals surface area contributed by atoms with Gasteiger partial charge in [0, 0.05) is 43.7 Å². The molecule has 1 amide bonds. The second-order valence-electron chi connectivity index (χ2n) is 10.3. The molecule has 9 nitrogen and oxygen atoms in total. The third-order valence-corrected chi connectivity index (χ3v) is 8.07. The second-order valence-corrected chi connectivity index (χ2v) is 10.8. The summed E-state index contributed by atoms with van der Waals surface area (Å²) in [7, 11) is 5.06. The van der Waals surface area contributed by atoms with Gasteiger partial charge in [0.1, 0.15) is 12.3 Å². The molecule has 0 saturated heterocycles. The van der Waals surface area contributed by atoms with Gasteiger partial charge in [0.25, 0.3) is 0 Å². The average molecular weight is 568 g/mol. The number of fused-ring (bicyclic) bond motifs is 1. The van der Waals surface area contributed by atoms with E-state index in [1.807, 2.05) is 37.4 Å². The Bertz CT molecular complexity index is 1290. The van der Waals surface area contributed by atoms with Crippen molar-refractivity contribution in [2.75, 3.05) is 47.4 Å². The van der Waals surface area contributed by atoms with Crippen LogP contribution in [0.2, 0.25) is 0 Å². The number of benzene rings is 2. The minimum absolute atomic E-state index is 0.0747. The molecule has 0 unspecified atom stereocenters. The van der Waals surface area contributed by atoms with Crippen molar-refractivity contribution in [2.24, 2.45) is 5.14 Å². The third kappa shape index (κ3) is 7.17. The lowest BCUT2D eigenvalue weighted by atomic mass is 9.82. The number of nitrogens with zero attached hydrogens (tertiary/aromatic N) is 2. The number of ether oxygens (including phenoxy) is 2. The molecule has 10 heteroatoms. The van der Waals surface area contributed by atoms with Crippen molar-refractivity contribution in [3.63, 3.8) is 0 Å². The number of hydrogen-bond acceptors (Lipinski definition) is 8. The molecule has 1 heterocycles. The topological polar surface area (TPSA) is 111 Å². The van der Waals surface area contributed by atoms with Gasteiger partial charge in [-0.15, -0.1) is 0 Å². The summed E-state index contributed by atoms with van der Waals surface area (Å²) >= 11 is 1.11. The Labute approximate surface area is 241 Å². The maximum absolute atomic E-state index is 13.3. The van der Waals surface area contributed by atoms with Gasteiger partial charge in [-0.3, -0.25) is 9.93 Å². The van der Waals surface area contributed by atoms with Crippen LogP contribution in [0.15, 0.2) is 42.5 Å². The number of rotatable bonds is 13. The van der Waals surface area contributed by atoms with Crippen molar-refractivity contribution in [3.05, 3.63) is 53.6 Å². The van der Waals surface area contributed by atoms with Crippen LogP contribution in [0.1, 0.15) is 53.9 Å². The van der Waals surface area contributed by atoms with Crippen LogP contribution >= 0.6 is 12.1 Å². The number of nitrogens with one attached hydrogen (secondary N) is 2. The van der Waals surface area contributed by atoms with Crippen molar-refractivity contribution < 1.29 is 19.1 Å². The minimum atomic E-state index is -0.394. The highest BCUT2D eigenvalue weighted by Gasteiger charge is 2.28. The van der Waals surface area contributed by atoms with E-state index in [-0.39, 0.29) is 12.5 Å². The number of nitrogens with two attached hydrogens (primary N) is 1. The lowest BCUT2D eigenvalue weighted by molar-refractivity contribution is -0.121. The van der Waals surface area contributed by atoms with Crippen molar-refractivity contribution in [2.45, 2.75) is 44.6 Å². The minimum Gasteiger partial charge on any atom is -0.497 e. The van der Waals surface area contributed by atoms with E-state index in [9.17, 15) is 9.59 Å². The first-order chi connectivity index (χ1) is 19.5. The van der Waals surface area contributed by atoms with E-state index in [0.29, 0.717) is 18.0 Å². The lowest BCUT2D eigenvalue weighted by Crippen LogP contribution is -2.36. The molecular weight excluding hydrogens is 526 g/mol. The first kappa shape index (κ1) is 29.9.